The Labute approximate surface area is 149 Å². The van der Waals surface area contributed by atoms with Gasteiger partial charge in [-0.25, -0.2) is 5.06 Å². The summed E-state index contributed by atoms with van der Waals surface area (Å²) in [7, 11) is 0. The number of rotatable bonds is 4. The van der Waals surface area contributed by atoms with Crippen LogP contribution in [-0.2, 0) is 4.84 Å². The maximum atomic E-state index is 6.28. The largest absolute Gasteiger partial charge is 0.265 e. The zero-order valence-electron chi connectivity index (χ0n) is 14.0. The molecule has 0 unspecified atom stereocenters. The van der Waals surface area contributed by atoms with Crippen molar-refractivity contribution in [1.29, 1.82) is 0 Å². The average Bonchev–Trinajstić information content (AvgIpc) is 3.13. The van der Waals surface area contributed by atoms with E-state index in [9.17, 15) is 0 Å². The second kappa shape index (κ2) is 7.37. The molecule has 0 saturated carbocycles. The molecule has 1 fully saturated rings. The lowest BCUT2D eigenvalue weighted by atomic mass is 10.0. The van der Waals surface area contributed by atoms with Gasteiger partial charge in [0.2, 0.25) is 0 Å². The van der Waals surface area contributed by atoms with E-state index in [-0.39, 0.29) is 12.1 Å². The van der Waals surface area contributed by atoms with Crippen molar-refractivity contribution >= 4 is 11.8 Å². The first-order valence-electron chi connectivity index (χ1n) is 8.69. The Morgan fingerprint density at radius 1 is 0.760 bits per heavy atom. The fourth-order valence-electron chi connectivity index (χ4n) is 3.24. The van der Waals surface area contributed by atoms with Crippen LogP contribution in [0.2, 0.25) is 0 Å². The van der Waals surface area contributed by atoms with Gasteiger partial charge in [-0.3, -0.25) is 4.84 Å². The van der Waals surface area contributed by atoms with E-state index < -0.39 is 0 Å². The summed E-state index contributed by atoms with van der Waals surface area (Å²) < 4.78 is 0. The van der Waals surface area contributed by atoms with Gasteiger partial charge in [-0.15, -0.1) is 0 Å². The van der Waals surface area contributed by atoms with E-state index in [4.69, 9.17) is 4.84 Å². The number of anilines is 1. The van der Waals surface area contributed by atoms with Crippen LogP contribution in [0.5, 0.6) is 0 Å². The molecule has 0 radical (unpaired) electrons. The predicted octanol–water partition coefficient (Wildman–Crippen LogP) is 5.65. The van der Waals surface area contributed by atoms with Crippen LogP contribution in [0.3, 0.4) is 0 Å². The number of hydrogen-bond acceptors (Lipinski definition) is 2. The van der Waals surface area contributed by atoms with Crippen molar-refractivity contribution < 1.29 is 4.84 Å². The molecule has 0 spiro atoms. The summed E-state index contributed by atoms with van der Waals surface area (Å²) in [5.41, 5.74) is 3.56. The Hall–Kier alpha value is -2.84. The molecule has 3 aromatic rings. The van der Waals surface area contributed by atoms with Crippen molar-refractivity contribution in [2.75, 3.05) is 5.06 Å². The van der Waals surface area contributed by atoms with Crippen molar-refractivity contribution in [1.82, 2.24) is 0 Å². The van der Waals surface area contributed by atoms with Crippen LogP contribution in [0, 0.1) is 0 Å². The second-order valence-electron chi connectivity index (χ2n) is 6.24. The minimum atomic E-state index is 0.0608. The molecule has 0 N–H and O–H groups in total. The van der Waals surface area contributed by atoms with Gasteiger partial charge >= 0.3 is 0 Å². The third-order valence-corrected chi connectivity index (χ3v) is 4.49. The molecular formula is C23H21NO. The minimum absolute atomic E-state index is 0.0608. The SMILES string of the molecule is C(=C\[C@@H]1C[C@@H](c2ccccc2)N(c2ccccc2)O1)/c1ccccc1. The van der Waals surface area contributed by atoms with Crippen molar-refractivity contribution in [3.05, 3.63) is 108 Å². The van der Waals surface area contributed by atoms with Crippen LogP contribution >= 0.6 is 0 Å². The van der Waals surface area contributed by atoms with E-state index in [1.807, 2.05) is 24.3 Å². The smallest absolute Gasteiger partial charge is 0.106 e. The highest BCUT2D eigenvalue weighted by atomic mass is 16.7. The molecule has 124 valence electrons. The van der Waals surface area contributed by atoms with Gasteiger partial charge in [-0.05, 0) is 23.3 Å². The zero-order chi connectivity index (χ0) is 16.9. The third-order valence-electron chi connectivity index (χ3n) is 4.49. The second-order valence-corrected chi connectivity index (χ2v) is 6.24. The zero-order valence-corrected chi connectivity index (χ0v) is 14.0. The number of hydroxylamine groups is 1. The van der Waals surface area contributed by atoms with Crippen molar-refractivity contribution in [2.24, 2.45) is 0 Å². The highest BCUT2D eigenvalue weighted by Gasteiger charge is 2.33. The molecule has 0 aromatic heterocycles. The minimum Gasteiger partial charge on any atom is -0.265 e. The topological polar surface area (TPSA) is 12.5 Å². The molecule has 0 aliphatic carbocycles. The molecular weight excluding hydrogens is 306 g/mol. The Balaban J connectivity index is 1.59. The molecule has 2 atom stereocenters. The highest BCUT2D eigenvalue weighted by molar-refractivity contribution is 5.51. The summed E-state index contributed by atoms with van der Waals surface area (Å²) in [6, 6.07) is 31.5. The fraction of sp³-hybridized carbons (Fsp3) is 0.130. The quantitative estimate of drug-likeness (QED) is 0.614. The number of benzene rings is 3. The van der Waals surface area contributed by atoms with Gasteiger partial charge in [-0.2, -0.15) is 0 Å². The van der Waals surface area contributed by atoms with Gasteiger partial charge in [-0.1, -0.05) is 91.0 Å². The monoisotopic (exact) mass is 327 g/mol. The molecule has 0 amide bonds. The summed E-state index contributed by atoms with van der Waals surface area (Å²) in [5, 5.41) is 2.05. The standard InChI is InChI=1S/C23H21NO/c1-4-10-19(11-5-1)16-17-22-18-23(20-12-6-2-7-13-20)24(25-22)21-14-8-3-9-15-21/h1-17,22-23H,18H2/b17-16+/t22-,23+/m1/s1. The van der Waals surface area contributed by atoms with E-state index in [2.05, 4.69) is 83.9 Å². The Morgan fingerprint density at radius 2 is 1.36 bits per heavy atom. The molecule has 4 rings (SSSR count). The summed E-state index contributed by atoms with van der Waals surface area (Å²) >= 11 is 0. The molecule has 1 aliphatic heterocycles. The van der Waals surface area contributed by atoms with Crippen LogP contribution < -0.4 is 5.06 Å². The molecule has 25 heavy (non-hydrogen) atoms. The van der Waals surface area contributed by atoms with Gasteiger partial charge in [0, 0.05) is 6.42 Å². The van der Waals surface area contributed by atoms with E-state index >= 15 is 0 Å². The first kappa shape index (κ1) is 15.7. The van der Waals surface area contributed by atoms with Crippen molar-refractivity contribution in [3.8, 4) is 0 Å². The van der Waals surface area contributed by atoms with Crippen molar-refractivity contribution in [2.45, 2.75) is 18.6 Å². The van der Waals surface area contributed by atoms with Crippen LogP contribution in [-0.4, -0.2) is 6.10 Å². The van der Waals surface area contributed by atoms with Crippen molar-refractivity contribution in [3.63, 3.8) is 0 Å². The van der Waals surface area contributed by atoms with Gasteiger partial charge in [0.15, 0.2) is 0 Å². The highest BCUT2D eigenvalue weighted by Crippen LogP contribution is 2.38. The van der Waals surface area contributed by atoms with E-state index in [0.717, 1.165) is 12.1 Å². The summed E-state index contributed by atoms with van der Waals surface area (Å²) in [6.07, 6.45) is 5.29. The van der Waals surface area contributed by atoms with E-state index in [0.29, 0.717) is 0 Å². The van der Waals surface area contributed by atoms with Gasteiger partial charge < -0.3 is 0 Å². The van der Waals surface area contributed by atoms with Crippen LogP contribution in [0.1, 0.15) is 23.6 Å². The average molecular weight is 327 g/mol. The normalized spacial score (nSPS) is 20.2. The van der Waals surface area contributed by atoms with Crippen LogP contribution in [0.15, 0.2) is 97.1 Å². The van der Waals surface area contributed by atoms with Gasteiger partial charge in [0.1, 0.15) is 6.10 Å². The summed E-state index contributed by atoms with van der Waals surface area (Å²) in [4.78, 5) is 6.28. The van der Waals surface area contributed by atoms with E-state index in [1.54, 1.807) is 0 Å². The number of nitrogens with zero attached hydrogens (tertiary/aromatic N) is 1. The summed E-state index contributed by atoms with van der Waals surface area (Å²) in [5.74, 6) is 0. The molecule has 2 heteroatoms. The maximum absolute atomic E-state index is 6.28. The third kappa shape index (κ3) is 3.65. The number of hydrogen-bond donors (Lipinski definition) is 0. The molecule has 1 heterocycles. The Kier molecular flexibility index (Phi) is 4.62. The summed E-state index contributed by atoms with van der Waals surface area (Å²) in [6.45, 7) is 0. The first-order chi connectivity index (χ1) is 12.4. The lowest BCUT2D eigenvalue weighted by molar-refractivity contribution is 0.114. The molecule has 3 aromatic carbocycles. The number of para-hydroxylation sites is 1. The Morgan fingerprint density at radius 3 is 2.04 bits per heavy atom. The first-order valence-corrected chi connectivity index (χ1v) is 8.69. The van der Waals surface area contributed by atoms with Gasteiger partial charge in [0.05, 0.1) is 11.7 Å². The predicted molar refractivity (Wildman–Crippen MR) is 103 cm³/mol. The Bertz CT molecular complexity index is 767. The van der Waals surface area contributed by atoms with Crippen LogP contribution in [0.25, 0.3) is 6.08 Å². The molecule has 1 saturated heterocycles. The molecule has 0 bridgehead atoms. The fourth-order valence-corrected chi connectivity index (χ4v) is 3.24. The van der Waals surface area contributed by atoms with E-state index in [1.165, 1.54) is 11.1 Å². The molecule has 2 nitrogen and oxygen atoms in total. The lowest BCUT2D eigenvalue weighted by Gasteiger charge is -2.24. The lowest BCUT2D eigenvalue weighted by Crippen LogP contribution is -2.21. The molecule has 1 aliphatic rings. The van der Waals surface area contributed by atoms with Crippen LogP contribution in [0.4, 0.5) is 5.69 Å². The van der Waals surface area contributed by atoms with Gasteiger partial charge in [0.25, 0.3) is 0 Å². The maximum Gasteiger partial charge on any atom is 0.106 e.